The van der Waals surface area contributed by atoms with Crippen molar-refractivity contribution in [2.75, 3.05) is 11.6 Å². The standard InChI is InChI=1S/C19H14Cl2N2O4S/c1-28(26,27)12-5-6-13(15(20)10-12)19(25)23-11-8-14(18(21)17(24)9-11)16-4-2-3-7-22-16/h2-10,24H,1H3,(H,23,25). The third-order valence-corrected chi connectivity index (χ3v) is 5.69. The molecule has 3 rings (SSSR count). The summed E-state index contributed by atoms with van der Waals surface area (Å²) >= 11 is 12.2. The topological polar surface area (TPSA) is 96.4 Å². The summed E-state index contributed by atoms with van der Waals surface area (Å²) in [4.78, 5) is 16.8. The highest BCUT2D eigenvalue weighted by Crippen LogP contribution is 2.37. The number of rotatable bonds is 4. The van der Waals surface area contributed by atoms with Gasteiger partial charge < -0.3 is 10.4 Å². The van der Waals surface area contributed by atoms with Crippen LogP contribution in [0.4, 0.5) is 5.69 Å². The van der Waals surface area contributed by atoms with Crippen LogP contribution < -0.4 is 5.32 Å². The van der Waals surface area contributed by atoms with Crippen LogP contribution in [-0.2, 0) is 9.84 Å². The molecule has 0 aliphatic carbocycles. The van der Waals surface area contributed by atoms with Gasteiger partial charge in [-0.1, -0.05) is 29.3 Å². The number of nitrogens with zero attached hydrogens (tertiary/aromatic N) is 1. The highest BCUT2D eigenvalue weighted by molar-refractivity contribution is 7.90. The number of aromatic hydroxyl groups is 1. The normalized spacial score (nSPS) is 11.2. The molecule has 0 bridgehead atoms. The zero-order valence-corrected chi connectivity index (χ0v) is 16.8. The Kier molecular flexibility index (Phi) is 5.60. The van der Waals surface area contributed by atoms with Crippen molar-refractivity contribution in [2.45, 2.75) is 4.90 Å². The minimum Gasteiger partial charge on any atom is -0.506 e. The summed E-state index contributed by atoms with van der Waals surface area (Å²) in [6, 6.07) is 11.9. The molecule has 0 spiro atoms. The number of anilines is 1. The van der Waals surface area contributed by atoms with E-state index in [1.165, 1.54) is 24.3 Å². The van der Waals surface area contributed by atoms with Gasteiger partial charge in [0.05, 0.1) is 26.2 Å². The van der Waals surface area contributed by atoms with Crippen molar-refractivity contribution in [1.82, 2.24) is 4.98 Å². The van der Waals surface area contributed by atoms with Crippen LogP contribution >= 0.6 is 23.2 Å². The molecular weight excluding hydrogens is 423 g/mol. The Morgan fingerprint density at radius 3 is 2.46 bits per heavy atom. The Balaban J connectivity index is 1.94. The van der Waals surface area contributed by atoms with E-state index >= 15 is 0 Å². The second-order valence-corrected chi connectivity index (χ2v) is 8.74. The molecule has 144 valence electrons. The van der Waals surface area contributed by atoms with Gasteiger partial charge in [0.1, 0.15) is 5.75 Å². The molecule has 0 atom stereocenters. The number of amides is 1. The van der Waals surface area contributed by atoms with Crippen molar-refractivity contribution in [2.24, 2.45) is 0 Å². The number of sulfone groups is 1. The first kappa shape index (κ1) is 20.1. The summed E-state index contributed by atoms with van der Waals surface area (Å²) < 4.78 is 23.2. The molecule has 0 unspecified atom stereocenters. The average Bonchev–Trinajstić information content (AvgIpc) is 2.64. The maximum Gasteiger partial charge on any atom is 0.257 e. The fourth-order valence-electron chi connectivity index (χ4n) is 2.50. The quantitative estimate of drug-likeness (QED) is 0.630. The predicted octanol–water partition coefficient (Wildman–Crippen LogP) is 4.42. The number of hydrogen-bond donors (Lipinski definition) is 2. The zero-order chi connectivity index (χ0) is 20.5. The Morgan fingerprint density at radius 1 is 1.11 bits per heavy atom. The third kappa shape index (κ3) is 4.27. The molecule has 2 N–H and O–H groups in total. The number of phenols is 1. The number of nitrogens with one attached hydrogen (secondary N) is 1. The molecule has 0 aliphatic heterocycles. The highest BCUT2D eigenvalue weighted by atomic mass is 35.5. The summed E-state index contributed by atoms with van der Waals surface area (Å²) in [7, 11) is -3.44. The molecule has 0 saturated heterocycles. The van der Waals surface area contributed by atoms with Crippen molar-refractivity contribution >= 4 is 44.6 Å². The van der Waals surface area contributed by atoms with Gasteiger partial charge >= 0.3 is 0 Å². The van der Waals surface area contributed by atoms with Gasteiger partial charge in [-0.15, -0.1) is 0 Å². The summed E-state index contributed by atoms with van der Waals surface area (Å²) in [5, 5.41) is 12.8. The van der Waals surface area contributed by atoms with Crippen molar-refractivity contribution in [3.63, 3.8) is 0 Å². The van der Waals surface area contributed by atoms with Crippen LogP contribution in [-0.4, -0.2) is 30.7 Å². The molecular formula is C19H14Cl2N2O4S. The maximum absolute atomic E-state index is 12.6. The van der Waals surface area contributed by atoms with Crippen LogP contribution in [0.2, 0.25) is 10.0 Å². The monoisotopic (exact) mass is 436 g/mol. The Labute approximate surface area is 171 Å². The van der Waals surface area contributed by atoms with E-state index in [2.05, 4.69) is 10.3 Å². The van der Waals surface area contributed by atoms with Crippen LogP contribution in [0.1, 0.15) is 10.4 Å². The molecule has 1 amide bonds. The first-order valence-corrected chi connectivity index (χ1v) is 10.6. The third-order valence-electron chi connectivity index (χ3n) is 3.87. The van der Waals surface area contributed by atoms with E-state index in [0.717, 1.165) is 6.26 Å². The van der Waals surface area contributed by atoms with Crippen LogP contribution in [0.3, 0.4) is 0 Å². The summed E-state index contributed by atoms with van der Waals surface area (Å²) in [5.74, 6) is -0.794. The second-order valence-electron chi connectivity index (χ2n) is 5.94. The zero-order valence-electron chi connectivity index (χ0n) is 14.5. The molecule has 3 aromatic rings. The van der Waals surface area contributed by atoms with E-state index in [9.17, 15) is 18.3 Å². The smallest absolute Gasteiger partial charge is 0.257 e. The van der Waals surface area contributed by atoms with Gasteiger partial charge in [0.2, 0.25) is 0 Å². The van der Waals surface area contributed by atoms with E-state index in [4.69, 9.17) is 23.2 Å². The van der Waals surface area contributed by atoms with Gasteiger partial charge in [0.25, 0.3) is 5.91 Å². The summed E-state index contributed by atoms with van der Waals surface area (Å²) in [6.07, 6.45) is 2.63. The molecule has 2 aromatic carbocycles. The number of aromatic nitrogens is 1. The lowest BCUT2D eigenvalue weighted by atomic mass is 10.1. The van der Waals surface area contributed by atoms with Crippen molar-refractivity contribution in [3.8, 4) is 17.0 Å². The van der Waals surface area contributed by atoms with E-state index in [0.29, 0.717) is 11.3 Å². The van der Waals surface area contributed by atoms with Crippen LogP contribution in [0, 0.1) is 0 Å². The molecule has 9 heteroatoms. The van der Waals surface area contributed by atoms with Crippen LogP contribution in [0.5, 0.6) is 5.75 Å². The lowest BCUT2D eigenvalue weighted by Gasteiger charge is -2.12. The molecule has 0 radical (unpaired) electrons. The van der Waals surface area contributed by atoms with E-state index < -0.39 is 15.7 Å². The van der Waals surface area contributed by atoms with Crippen molar-refractivity contribution in [3.05, 3.63) is 70.3 Å². The molecule has 6 nitrogen and oxygen atoms in total. The fraction of sp³-hybridized carbons (Fsp3) is 0.0526. The molecule has 1 heterocycles. The van der Waals surface area contributed by atoms with Crippen LogP contribution in [0.15, 0.2) is 59.6 Å². The van der Waals surface area contributed by atoms with Gasteiger partial charge in [-0.2, -0.15) is 0 Å². The molecule has 0 fully saturated rings. The number of benzene rings is 2. The van der Waals surface area contributed by atoms with Gasteiger partial charge in [0, 0.05) is 29.8 Å². The Bertz CT molecular complexity index is 1170. The SMILES string of the molecule is CS(=O)(=O)c1ccc(C(=O)Nc2cc(O)c(Cl)c(-c3ccccn3)c2)c(Cl)c1. The number of carbonyl (C=O) groups excluding carboxylic acids is 1. The molecule has 1 aromatic heterocycles. The number of carbonyl (C=O) groups is 1. The van der Waals surface area contributed by atoms with Gasteiger partial charge in [-0.3, -0.25) is 9.78 Å². The molecule has 28 heavy (non-hydrogen) atoms. The first-order chi connectivity index (χ1) is 13.2. The number of hydrogen-bond acceptors (Lipinski definition) is 5. The number of pyridine rings is 1. The second kappa shape index (κ2) is 7.79. The first-order valence-electron chi connectivity index (χ1n) is 7.91. The largest absolute Gasteiger partial charge is 0.506 e. The minimum absolute atomic E-state index is 0.00984. The fourth-order valence-corrected chi connectivity index (χ4v) is 3.68. The summed E-state index contributed by atoms with van der Waals surface area (Å²) in [5.41, 5.74) is 1.32. The minimum atomic E-state index is -3.44. The van der Waals surface area contributed by atoms with Gasteiger partial charge in [0.15, 0.2) is 9.84 Å². The Hall–Kier alpha value is -2.61. The van der Waals surface area contributed by atoms with E-state index in [1.54, 1.807) is 30.5 Å². The van der Waals surface area contributed by atoms with E-state index in [-0.39, 0.29) is 31.9 Å². The molecule has 0 aliphatic rings. The number of halogens is 2. The lowest BCUT2D eigenvalue weighted by Crippen LogP contribution is -2.13. The van der Waals surface area contributed by atoms with Gasteiger partial charge in [-0.05, 0) is 36.4 Å². The predicted molar refractivity (Wildman–Crippen MR) is 109 cm³/mol. The van der Waals surface area contributed by atoms with Crippen LogP contribution in [0.25, 0.3) is 11.3 Å². The van der Waals surface area contributed by atoms with Gasteiger partial charge in [-0.25, -0.2) is 8.42 Å². The lowest BCUT2D eigenvalue weighted by molar-refractivity contribution is 0.102. The number of phenolic OH excluding ortho intramolecular Hbond substituents is 1. The van der Waals surface area contributed by atoms with Crippen molar-refractivity contribution in [1.29, 1.82) is 0 Å². The molecule has 0 saturated carbocycles. The average molecular weight is 437 g/mol. The van der Waals surface area contributed by atoms with Crippen molar-refractivity contribution < 1.29 is 18.3 Å². The van der Waals surface area contributed by atoms with E-state index in [1.807, 2.05) is 0 Å². The highest BCUT2D eigenvalue weighted by Gasteiger charge is 2.17. The maximum atomic E-state index is 12.6. The summed E-state index contributed by atoms with van der Waals surface area (Å²) in [6.45, 7) is 0. The Morgan fingerprint density at radius 2 is 1.86 bits per heavy atom.